The van der Waals surface area contributed by atoms with Crippen molar-refractivity contribution in [3.8, 4) is 0 Å². The van der Waals surface area contributed by atoms with Crippen LogP contribution in [0.2, 0.25) is 0 Å². The molecule has 73 heavy (non-hydrogen) atoms. The maximum absolute atomic E-state index is 13.2. The van der Waals surface area contributed by atoms with Crippen LogP contribution in [0.5, 0.6) is 0 Å². The maximum atomic E-state index is 13.2. The lowest BCUT2D eigenvalue weighted by Gasteiger charge is -2.39. The van der Waals surface area contributed by atoms with Crippen molar-refractivity contribution in [1.82, 2.24) is 30.7 Å². The van der Waals surface area contributed by atoms with E-state index in [2.05, 4.69) is 62.5 Å². The molecule has 2 atom stereocenters. The Kier molecular flexibility index (Phi) is 40.4. The van der Waals surface area contributed by atoms with Crippen LogP contribution in [0, 0.1) is 17.8 Å². The molecule has 4 heterocycles. The van der Waals surface area contributed by atoms with Gasteiger partial charge in [-0.05, 0) is 101 Å². The Morgan fingerprint density at radius 2 is 1.48 bits per heavy atom. The smallest absolute Gasteiger partial charge is 0.415 e. The number of likely N-dealkylation sites (tertiary alicyclic amines) is 2. The minimum atomic E-state index is -4.20. The lowest BCUT2D eigenvalue weighted by molar-refractivity contribution is -0.144. The number of amides is 4. The van der Waals surface area contributed by atoms with Gasteiger partial charge in [-0.15, -0.1) is 11.3 Å². The number of esters is 2. The number of hydrogen-bond acceptors (Lipinski definition) is 19. The van der Waals surface area contributed by atoms with Gasteiger partial charge in [-0.2, -0.15) is 0 Å². The molecule has 3 N–H and O–H groups in total. The first-order chi connectivity index (χ1) is 34.9. The van der Waals surface area contributed by atoms with Crippen LogP contribution in [0.25, 0.3) is 10.1 Å². The number of methoxy groups -OCH3 is 1. The molecule has 416 valence electrons. The molecule has 3 fully saturated rings. The number of aldehydes is 1. The van der Waals surface area contributed by atoms with E-state index < -0.39 is 44.4 Å². The second-order valence-corrected chi connectivity index (χ2v) is 19.7. The summed E-state index contributed by atoms with van der Waals surface area (Å²) >= 11 is 1.28. The minimum absolute atomic E-state index is 0.0443. The van der Waals surface area contributed by atoms with Crippen LogP contribution in [0.4, 0.5) is 9.59 Å². The molecule has 24 heteroatoms. The van der Waals surface area contributed by atoms with Crippen molar-refractivity contribution in [2.45, 2.75) is 80.3 Å². The molecule has 4 amide bonds. The van der Waals surface area contributed by atoms with Gasteiger partial charge in [0.15, 0.2) is 6.79 Å². The van der Waals surface area contributed by atoms with E-state index in [-0.39, 0.29) is 31.1 Å². The highest BCUT2D eigenvalue weighted by atomic mass is 32.1. The number of morpholine rings is 1. The van der Waals surface area contributed by atoms with Gasteiger partial charge in [0, 0.05) is 51.5 Å². The van der Waals surface area contributed by atoms with Crippen molar-refractivity contribution in [3.05, 3.63) is 34.7 Å². The average Bonchev–Trinajstić information content (AvgIpc) is 4.06. The molecule has 0 bridgehead atoms. The fourth-order valence-electron chi connectivity index (χ4n) is 6.28. The van der Waals surface area contributed by atoms with Crippen molar-refractivity contribution in [2.24, 2.45) is 17.8 Å². The number of hydrogen-bond donors (Lipinski definition) is 3. The Morgan fingerprint density at radius 3 is 1.96 bits per heavy atom. The summed E-state index contributed by atoms with van der Waals surface area (Å²) in [5, 5.41) is 7.46. The number of benzene rings is 1. The van der Waals surface area contributed by atoms with E-state index in [1.807, 2.05) is 37.9 Å². The summed E-state index contributed by atoms with van der Waals surface area (Å²) < 4.78 is 42.8. The summed E-state index contributed by atoms with van der Waals surface area (Å²) in [6.07, 6.45) is 4.40. The fourth-order valence-corrected chi connectivity index (χ4v) is 8.77. The zero-order chi connectivity index (χ0) is 55.8. The van der Waals surface area contributed by atoms with Gasteiger partial charge in [0.05, 0.1) is 43.4 Å². The molecule has 2 aromatic rings. The largest absolute Gasteiger partial charge is 0.465 e. The highest BCUT2D eigenvalue weighted by Gasteiger charge is 2.38. The van der Waals surface area contributed by atoms with Gasteiger partial charge in [0.2, 0.25) is 12.3 Å². The first kappa shape index (κ1) is 69.9. The molecule has 0 spiro atoms. The third-order valence-electron chi connectivity index (χ3n) is 10.5. The summed E-state index contributed by atoms with van der Waals surface area (Å²) in [5.41, 5.74) is -0.936. The number of carbonyl (C=O) groups excluding carboxylic acids is 9. The van der Waals surface area contributed by atoms with Gasteiger partial charge < -0.3 is 63.9 Å². The van der Waals surface area contributed by atoms with Crippen molar-refractivity contribution in [2.75, 3.05) is 114 Å². The summed E-state index contributed by atoms with van der Waals surface area (Å²) in [6.45, 7) is 22.7. The van der Waals surface area contributed by atoms with Gasteiger partial charge >= 0.3 is 31.1 Å². The summed E-state index contributed by atoms with van der Waals surface area (Å²) in [6, 6.07) is 6.68. The third kappa shape index (κ3) is 30.6. The number of fused-ring (bicyclic) bond motifs is 1. The maximum Gasteiger partial charge on any atom is 0.415 e. The van der Waals surface area contributed by atoms with E-state index in [0.29, 0.717) is 59.8 Å². The molecule has 22 nitrogen and oxygen atoms in total. The summed E-state index contributed by atoms with van der Waals surface area (Å²) in [7, 11) is 2.82. The van der Waals surface area contributed by atoms with Gasteiger partial charge in [-0.1, -0.05) is 40.7 Å². The Hall–Kier alpha value is -5.16. The van der Waals surface area contributed by atoms with Crippen molar-refractivity contribution in [1.29, 1.82) is 0 Å². The van der Waals surface area contributed by atoms with Crippen LogP contribution in [0.3, 0.4) is 0 Å². The number of nitrogens with zero attached hydrogens (tertiary/aromatic N) is 3. The molecule has 5 rings (SSSR count). The van der Waals surface area contributed by atoms with Crippen LogP contribution >= 0.6 is 18.7 Å². The van der Waals surface area contributed by atoms with Crippen molar-refractivity contribution >= 4 is 83.8 Å². The average molecular weight is 1080 g/mol. The van der Waals surface area contributed by atoms with E-state index in [0.717, 1.165) is 50.0 Å². The first-order valence-electron chi connectivity index (χ1n) is 24.3. The van der Waals surface area contributed by atoms with E-state index in [1.54, 1.807) is 38.1 Å². The molecular weight excluding hydrogens is 992 g/mol. The number of carbonyl (C=O) groups is 9. The molecule has 3 aliphatic heterocycles. The third-order valence-corrected chi connectivity index (χ3v) is 13.6. The Balaban J connectivity index is 0. The van der Waals surface area contributed by atoms with E-state index in [4.69, 9.17) is 18.8 Å². The number of ether oxygens (including phenoxy) is 5. The number of thiophene rings is 1. The van der Waals surface area contributed by atoms with E-state index in [9.17, 15) is 42.9 Å². The Bertz CT molecular complexity index is 1960. The minimum Gasteiger partial charge on any atom is -0.465 e. The quantitative estimate of drug-likeness (QED) is 0.0387. The molecule has 1 aromatic heterocycles. The van der Waals surface area contributed by atoms with Crippen LogP contribution < -0.4 is 16.0 Å². The highest BCUT2D eigenvalue weighted by molar-refractivity contribution is 7.75. The lowest BCUT2D eigenvalue weighted by atomic mass is 9.94. The summed E-state index contributed by atoms with van der Waals surface area (Å²) in [4.78, 5) is 104. The fraction of sp³-hybridized carbons (Fsp3) is 0.653. The molecule has 3 aliphatic rings. The number of alkyl carbamates (subject to hydrolysis) is 1. The van der Waals surface area contributed by atoms with E-state index in [1.165, 1.54) is 51.4 Å². The molecule has 0 aliphatic carbocycles. The zero-order valence-electron chi connectivity index (χ0n) is 44.9. The van der Waals surface area contributed by atoms with Crippen molar-refractivity contribution < 1.29 is 75.9 Å². The molecule has 0 saturated carbocycles. The predicted molar refractivity (Wildman–Crippen MR) is 280 cm³/mol. The van der Waals surface area contributed by atoms with Gasteiger partial charge in [-0.25, -0.2) is 9.59 Å². The second-order valence-electron chi connectivity index (χ2n) is 16.4. The first-order valence-corrected chi connectivity index (χ1v) is 26.9. The monoisotopic (exact) mass is 1070 g/mol. The summed E-state index contributed by atoms with van der Waals surface area (Å²) in [5.74, 6) is 0.601. The van der Waals surface area contributed by atoms with Crippen LogP contribution in [-0.2, 0) is 67.7 Å². The molecule has 3 saturated heterocycles. The second kappa shape index (κ2) is 42.2. The van der Waals surface area contributed by atoms with Crippen molar-refractivity contribution in [3.63, 3.8) is 0 Å². The van der Waals surface area contributed by atoms with Crippen LogP contribution in [-0.4, -0.2) is 184 Å². The molecular formula is C49H83N6O16PS. The zero-order valence-corrected chi connectivity index (χ0v) is 46.6. The number of nitrogens with one attached hydrogen (secondary N) is 3. The van der Waals surface area contributed by atoms with E-state index >= 15 is 0 Å². The van der Waals surface area contributed by atoms with Crippen LogP contribution in [0.1, 0.15) is 89.4 Å². The molecule has 1 unspecified atom stereocenters. The Morgan fingerprint density at radius 1 is 0.890 bits per heavy atom. The standard InChI is InChI=1S/C19H23N2O9PS.C9H16N2O2.C8H16O.C5H9NO3.C5H11N.C2H6.CH2O/c1-4-28-16(22)9-21-18(24)30-19(25)31(26,29-11-27-3)10-12-5-6-14-13(7-12)8-15(32-14)17(23)20-2;1-10-6-8(7-10)9(12)11-2-4-13-5-3-11;1-7(2)8(3)5-4-6-9;1-2-9-5(8)3-6-4-7;1-6-4-2-3-5-6;2*1-2/h5-8H,4,9-11H2,1-3H3,(H,20,23)(H,21,24);8H,2-7H2,1H3;6-8H,4-5H2,1-3H3;4H,2-3H2,1H3,(H,6,7);2-5H2,1H3;1-2H3;1H2/t;;8-;;;;/m..0..../s1. The van der Waals surface area contributed by atoms with Gasteiger partial charge in [-0.3, -0.25) is 33.1 Å². The van der Waals surface area contributed by atoms with Gasteiger partial charge in [0.25, 0.3) is 5.91 Å². The van der Waals surface area contributed by atoms with Crippen LogP contribution in [0.15, 0.2) is 24.3 Å². The number of rotatable bonds is 19. The Labute approximate surface area is 435 Å². The highest BCUT2D eigenvalue weighted by Crippen LogP contribution is 2.52. The molecule has 0 radical (unpaired) electrons. The topological polar surface area (TPSA) is 272 Å². The molecule has 1 aromatic carbocycles. The van der Waals surface area contributed by atoms with Gasteiger partial charge in [0.1, 0.15) is 26.2 Å². The predicted octanol–water partition coefficient (Wildman–Crippen LogP) is 5.58. The SMILES string of the molecule is C=O.CC.CC(C)[C@@H](C)CCC=O.CCOC(=O)CNC(=O)OC(=O)P(=O)(Cc1ccc2sc(C(=O)NC)cc2c1)OCOC.CCOC(=O)CNC=O.CN1CC(C(=O)N2CCOCC2)C1.CN1CCCC1. The lowest BCUT2D eigenvalue weighted by Crippen LogP contribution is -2.54. The normalized spacial score (nSPS) is 15.0.